The van der Waals surface area contributed by atoms with Crippen molar-refractivity contribution in [3.8, 4) is 22.3 Å². The van der Waals surface area contributed by atoms with Gasteiger partial charge < -0.3 is 15.6 Å². The highest BCUT2D eigenvalue weighted by molar-refractivity contribution is 5.96. The van der Waals surface area contributed by atoms with Crippen LogP contribution < -0.4 is 5.73 Å². The number of hydrogen-bond donors (Lipinski definition) is 2. The summed E-state index contributed by atoms with van der Waals surface area (Å²) in [6.07, 6.45) is -8.74. The fourth-order valence-electron chi connectivity index (χ4n) is 4.12. The van der Waals surface area contributed by atoms with Crippen LogP contribution in [0.25, 0.3) is 22.3 Å². The Hall–Kier alpha value is -4.64. The highest BCUT2D eigenvalue weighted by atomic mass is 19.4. The van der Waals surface area contributed by atoms with Gasteiger partial charge in [-0.3, -0.25) is 4.79 Å². The number of fused-ring (bicyclic) bond motifs is 1. The summed E-state index contributed by atoms with van der Waals surface area (Å²) < 4.78 is 79.9. The summed E-state index contributed by atoms with van der Waals surface area (Å²) in [5, 5.41) is 9.12. The van der Waals surface area contributed by atoms with E-state index < -0.39 is 35.4 Å². The van der Waals surface area contributed by atoms with Crippen molar-refractivity contribution in [3.05, 3.63) is 118 Å². The van der Waals surface area contributed by atoms with E-state index >= 15 is 0 Å². The van der Waals surface area contributed by atoms with Gasteiger partial charge in [-0.1, -0.05) is 48.5 Å². The molecule has 4 aromatic carbocycles. The molecule has 212 valence electrons. The molecule has 41 heavy (non-hydrogen) atoms. The number of carbonyl (C=O) groups is 2. The molecule has 5 rings (SSSR count). The third-order valence-electron chi connectivity index (χ3n) is 6.33. The summed E-state index contributed by atoms with van der Waals surface area (Å²) in [5.41, 5.74) is 7.97. The van der Waals surface area contributed by atoms with Gasteiger partial charge in [-0.15, -0.1) is 0 Å². The van der Waals surface area contributed by atoms with Crippen molar-refractivity contribution in [2.75, 3.05) is 0 Å². The molecule has 0 aliphatic carbocycles. The van der Waals surface area contributed by atoms with E-state index in [-0.39, 0.29) is 18.8 Å². The number of cyclic esters (lactones) is 1. The maximum Gasteiger partial charge on any atom is 0.416 e. The molecule has 0 spiro atoms. The number of aliphatic hydroxyl groups is 1. The number of carbonyl (C=O) groups excluding carboxylic acids is 2. The average molecular weight is 573 g/mol. The first-order chi connectivity index (χ1) is 19.3. The first kappa shape index (κ1) is 29.3. The second kappa shape index (κ2) is 11.5. The molecule has 0 atom stereocenters. The van der Waals surface area contributed by atoms with Crippen molar-refractivity contribution in [2.45, 2.75) is 25.6 Å². The number of benzene rings is 4. The smallest absolute Gasteiger partial charge is 0.416 e. The maximum atomic E-state index is 12.5. The van der Waals surface area contributed by atoms with Gasteiger partial charge >= 0.3 is 18.3 Å². The highest BCUT2D eigenvalue weighted by Crippen LogP contribution is 2.33. The van der Waals surface area contributed by atoms with Gasteiger partial charge in [-0.2, -0.15) is 26.3 Å². The normalized spacial score (nSPS) is 12.7. The lowest BCUT2D eigenvalue weighted by Crippen LogP contribution is -2.14. The van der Waals surface area contributed by atoms with Crippen LogP contribution in [0.2, 0.25) is 0 Å². The molecular formula is C30H21F6NO4. The molecule has 0 unspecified atom stereocenters. The molecule has 1 heterocycles. The molecule has 0 aromatic heterocycles. The summed E-state index contributed by atoms with van der Waals surface area (Å²) in [4.78, 5) is 22.8. The van der Waals surface area contributed by atoms with E-state index in [0.717, 1.165) is 29.8 Å². The molecule has 1 aliphatic heterocycles. The van der Waals surface area contributed by atoms with Crippen LogP contribution in [0.15, 0.2) is 84.9 Å². The minimum atomic E-state index is -4.39. The minimum absolute atomic E-state index is 0.148. The first-order valence-electron chi connectivity index (χ1n) is 12.0. The van der Waals surface area contributed by atoms with Crippen LogP contribution in [0.5, 0.6) is 0 Å². The number of ether oxygens (including phenoxy) is 1. The van der Waals surface area contributed by atoms with Crippen molar-refractivity contribution in [1.82, 2.24) is 0 Å². The number of rotatable bonds is 4. The summed E-state index contributed by atoms with van der Waals surface area (Å²) in [7, 11) is 0. The molecule has 0 saturated heterocycles. The fraction of sp³-hybridized carbons (Fsp3) is 0.133. The molecule has 1 amide bonds. The molecule has 0 saturated carbocycles. The van der Waals surface area contributed by atoms with Crippen LogP contribution in [0, 0.1) is 0 Å². The molecule has 4 aromatic rings. The van der Waals surface area contributed by atoms with Crippen LogP contribution in [-0.4, -0.2) is 17.0 Å². The Bertz CT molecular complexity index is 1580. The van der Waals surface area contributed by atoms with E-state index in [0.29, 0.717) is 33.4 Å². The number of nitrogens with two attached hydrogens (primary N) is 1. The molecule has 3 N–H and O–H groups in total. The zero-order chi connectivity index (χ0) is 29.9. The van der Waals surface area contributed by atoms with Gasteiger partial charge in [0.25, 0.3) is 0 Å². The lowest BCUT2D eigenvalue weighted by Gasteiger charge is -2.10. The molecule has 0 fully saturated rings. The van der Waals surface area contributed by atoms with E-state index in [1.807, 2.05) is 0 Å². The largest absolute Gasteiger partial charge is 0.457 e. The van der Waals surface area contributed by atoms with Crippen LogP contribution >= 0.6 is 0 Å². The number of alkyl halides is 6. The number of esters is 1. The van der Waals surface area contributed by atoms with Gasteiger partial charge in [0.15, 0.2) is 0 Å². The second-order valence-corrected chi connectivity index (χ2v) is 8.99. The van der Waals surface area contributed by atoms with Gasteiger partial charge in [0, 0.05) is 11.1 Å². The van der Waals surface area contributed by atoms with Crippen molar-refractivity contribution in [3.63, 3.8) is 0 Å². The van der Waals surface area contributed by atoms with E-state index in [4.69, 9.17) is 15.6 Å². The number of hydrogen-bond acceptors (Lipinski definition) is 4. The number of primary amides is 1. The Balaban J connectivity index is 0.000000189. The molecule has 0 radical (unpaired) electrons. The summed E-state index contributed by atoms with van der Waals surface area (Å²) in [6.45, 7) is -0.0903. The zero-order valence-electron chi connectivity index (χ0n) is 21.0. The second-order valence-electron chi connectivity index (χ2n) is 8.99. The number of amides is 1. The van der Waals surface area contributed by atoms with Crippen LogP contribution in [0.4, 0.5) is 26.3 Å². The predicted molar refractivity (Wildman–Crippen MR) is 137 cm³/mol. The lowest BCUT2D eigenvalue weighted by atomic mass is 9.98. The Labute approximate surface area is 229 Å². The van der Waals surface area contributed by atoms with E-state index in [1.54, 1.807) is 24.3 Å². The van der Waals surface area contributed by atoms with E-state index in [2.05, 4.69) is 0 Å². The monoisotopic (exact) mass is 573 g/mol. The summed E-state index contributed by atoms with van der Waals surface area (Å²) in [6, 6.07) is 19.2. The molecule has 11 heteroatoms. The SMILES string of the molecule is NC(=O)c1cc(-c2ccc(C(F)(F)F)cc2)ccc1CO.O=C1OCc2ccc(-c3ccc(C(F)(F)F)cc3)cc21. The molecule has 5 nitrogen and oxygen atoms in total. The predicted octanol–water partition coefficient (Wildman–Crippen LogP) is 7.01. The van der Waals surface area contributed by atoms with Crippen LogP contribution in [0.3, 0.4) is 0 Å². The summed E-state index contributed by atoms with van der Waals surface area (Å²) in [5.74, 6) is -1.10. The van der Waals surface area contributed by atoms with E-state index in [9.17, 15) is 35.9 Å². The van der Waals surface area contributed by atoms with Crippen molar-refractivity contribution < 1.29 is 45.8 Å². The van der Waals surface area contributed by atoms with Crippen LogP contribution in [-0.2, 0) is 30.3 Å². The quantitative estimate of drug-likeness (QED) is 0.203. The van der Waals surface area contributed by atoms with Crippen molar-refractivity contribution in [2.24, 2.45) is 5.73 Å². The minimum Gasteiger partial charge on any atom is -0.457 e. The highest BCUT2D eigenvalue weighted by Gasteiger charge is 2.31. The summed E-state index contributed by atoms with van der Waals surface area (Å²) >= 11 is 0. The van der Waals surface area contributed by atoms with Crippen molar-refractivity contribution >= 4 is 11.9 Å². The third-order valence-corrected chi connectivity index (χ3v) is 6.33. The zero-order valence-corrected chi connectivity index (χ0v) is 21.0. The van der Waals surface area contributed by atoms with Gasteiger partial charge in [0.05, 0.1) is 23.3 Å². The van der Waals surface area contributed by atoms with Gasteiger partial charge in [-0.25, -0.2) is 4.79 Å². The van der Waals surface area contributed by atoms with Crippen LogP contribution in [0.1, 0.15) is 43.0 Å². The first-order valence-corrected chi connectivity index (χ1v) is 12.0. The maximum absolute atomic E-state index is 12.5. The van der Waals surface area contributed by atoms with Gasteiger partial charge in [0.2, 0.25) is 5.91 Å². The Morgan fingerprint density at radius 2 is 1.20 bits per heavy atom. The molecular weight excluding hydrogens is 552 g/mol. The third kappa shape index (κ3) is 6.75. The topological polar surface area (TPSA) is 89.6 Å². The average Bonchev–Trinajstić information content (AvgIpc) is 3.32. The standard InChI is InChI=1S/C15H12F3NO2.C15H9F3O2/c16-15(17,18)12-5-3-9(4-6-12)10-1-2-11(8-20)13(7-10)14(19)21;16-15(17,18)12-5-3-9(4-6-12)10-1-2-11-8-20-14(19)13(11)7-10/h1-7,20H,8H2,(H2,19,21);1-7H,8H2. The fourth-order valence-corrected chi connectivity index (χ4v) is 4.12. The van der Waals surface area contributed by atoms with Crippen molar-refractivity contribution in [1.29, 1.82) is 0 Å². The van der Waals surface area contributed by atoms with Gasteiger partial charge in [0.1, 0.15) is 6.61 Å². The Morgan fingerprint density at radius 3 is 1.66 bits per heavy atom. The van der Waals surface area contributed by atoms with E-state index in [1.165, 1.54) is 36.4 Å². The Morgan fingerprint density at radius 1 is 0.732 bits per heavy atom. The lowest BCUT2D eigenvalue weighted by molar-refractivity contribution is -0.138. The number of aliphatic hydroxyl groups excluding tert-OH is 1. The molecule has 1 aliphatic rings. The molecule has 0 bridgehead atoms. The van der Waals surface area contributed by atoms with Gasteiger partial charge in [-0.05, 0) is 64.2 Å². The number of halogens is 6. The Kier molecular flexibility index (Phi) is 8.20.